The molecule has 1 fully saturated rings. The summed E-state index contributed by atoms with van der Waals surface area (Å²) in [5.41, 5.74) is 8.69. The van der Waals surface area contributed by atoms with Gasteiger partial charge in [0.15, 0.2) is 17.5 Å². The second-order valence-electron chi connectivity index (χ2n) is 6.83. The van der Waals surface area contributed by atoms with E-state index in [1.165, 1.54) is 5.56 Å². The predicted octanol–water partition coefficient (Wildman–Crippen LogP) is 4.26. The number of aliphatic imine (C=N–C) groups is 1. The molecule has 0 heterocycles. The molecule has 0 aliphatic heterocycles. The molecular formula is C21H27BrIN3O2. The number of hydrogen-bond acceptors (Lipinski definition) is 3. The maximum absolute atomic E-state index is 6.07. The Bertz CT molecular complexity index is 825. The molecule has 1 saturated carbocycles. The molecule has 0 atom stereocenters. The van der Waals surface area contributed by atoms with Gasteiger partial charge in [-0.25, -0.2) is 0 Å². The number of nitrogens with one attached hydrogen (secondary N) is 1. The van der Waals surface area contributed by atoms with Crippen LogP contribution in [0.25, 0.3) is 0 Å². The highest BCUT2D eigenvalue weighted by molar-refractivity contribution is 14.0. The average Bonchev–Trinajstić information content (AvgIpc) is 3.47. The Balaban J connectivity index is 0.00000280. The molecule has 0 unspecified atom stereocenters. The monoisotopic (exact) mass is 559 g/mol. The van der Waals surface area contributed by atoms with Crippen LogP contribution in [-0.4, -0.2) is 33.3 Å². The maximum Gasteiger partial charge on any atom is 0.188 e. The standard InChI is InChI=1S/C21H26BrN3O2.HI/c1-26-18-8-7-15(13-19(18)27-2)9-12-24-20(23)25-14-21(10-11-21)16-5-3-4-6-17(16)22;/h3-8,13H,9-12,14H2,1-2H3,(H3,23,24,25);1H. The van der Waals surface area contributed by atoms with Gasteiger partial charge in [0.05, 0.1) is 20.8 Å². The van der Waals surface area contributed by atoms with Crippen LogP contribution in [0.3, 0.4) is 0 Å². The van der Waals surface area contributed by atoms with Gasteiger partial charge < -0.3 is 20.5 Å². The highest BCUT2D eigenvalue weighted by Crippen LogP contribution is 2.50. The van der Waals surface area contributed by atoms with Crippen LogP contribution in [0.1, 0.15) is 24.0 Å². The molecule has 0 spiro atoms. The minimum absolute atomic E-state index is 0. The zero-order chi connectivity index (χ0) is 19.3. The summed E-state index contributed by atoms with van der Waals surface area (Å²) in [5, 5.41) is 3.21. The topological polar surface area (TPSA) is 68.9 Å². The summed E-state index contributed by atoms with van der Waals surface area (Å²) < 4.78 is 11.8. The fraction of sp³-hybridized carbons (Fsp3) is 0.381. The Morgan fingerprint density at radius 1 is 1.14 bits per heavy atom. The van der Waals surface area contributed by atoms with Crippen LogP contribution in [0.4, 0.5) is 0 Å². The summed E-state index contributed by atoms with van der Waals surface area (Å²) in [6.07, 6.45) is 3.13. The Hall–Kier alpha value is -1.48. The highest BCUT2D eigenvalue weighted by atomic mass is 127. The molecule has 5 nitrogen and oxygen atoms in total. The van der Waals surface area contributed by atoms with Gasteiger partial charge in [-0.05, 0) is 48.6 Å². The van der Waals surface area contributed by atoms with E-state index in [4.69, 9.17) is 15.2 Å². The van der Waals surface area contributed by atoms with E-state index in [0.29, 0.717) is 19.0 Å². The van der Waals surface area contributed by atoms with Gasteiger partial charge in [-0.1, -0.05) is 40.2 Å². The van der Waals surface area contributed by atoms with Crippen LogP contribution in [0, 0.1) is 0 Å². The third-order valence-corrected chi connectivity index (χ3v) is 5.71. The van der Waals surface area contributed by atoms with Crippen LogP contribution < -0.4 is 20.5 Å². The van der Waals surface area contributed by atoms with Gasteiger partial charge in [-0.15, -0.1) is 24.0 Å². The molecule has 0 radical (unpaired) electrons. The van der Waals surface area contributed by atoms with Crippen LogP contribution in [0.2, 0.25) is 0 Å². The lowest BCUT2D eigenvalue weighted by Crippen LogP contribution is -2.34. The number of halogens is 2. The lowest BCUT2D eigenvalue weighted by atomic mass is 9.96. The SMILES string of the molecule is COc1ccc(CCNC(N)=NCC2(c3ccccc3Br)CC2)cc1OC.I. The Morgan fingerprint density at radius 2 is 1.86 bits per heavy atom. The van der Waals surface area contributed by atoms with E-state index in [1.807, 2.05) is 24.3 Å². The maximum atomic E-state index is 6.07. The van der Waals surface area contributed by atoms with Gasteiger partial charge in [0, 0.05) is 16.4 Å². The normalized spacial score (nSPS) is 14.8. The van der Waals surface area contributed by atoms with E-state index in [-0.39, 0.29) is 29.4 Å². The van der Waals surface area contributed by atoms with Gasteiger partial charge in [0.25, 0.3) is 0 Å². The molecule has 7 heteroatoms. The van der Waals surface area contributed by atoms with Gasteiger partial charge in [0.2, 0.25) is 0 Å². The number of rotatable bonds is 8. The first-order chi connectivity index (χ1) is 13.1. The largest absolute Gasteiger partial charge is 0.493 e. The molecule has 3 N–H and O–H groups in total. The Kier molecular flexibility index (Phi) is 8.42. The summed E-state index contributed by atoms with van der Waals surface area (Å²) in [6, 6.07) is 14.3. The number of ether oxygens (including phenoxy) is 2. The van der Waals surface area contributed by atoms with Crippen molar-refractivity contribution in [2.45, 2.75) is 24.7 Å². The minimum Gasteiger partial charge on any atom is -0.493 e. The number of methoxy groups -OCH3 is 2. The number of guanidine groups is 1. The van der Waals surface area contributed by atoms with Crippen LogP contribution in [-0.2, 0) is 11.8 Å². The van der Waals surface area contributed by atoms with E-state index in [2.05, 4.69) is 44.4 Å². The van der Waals surface area contributed by atoms with Crippen molar-refractivity contribution >= 4 is 45.9 Å². The first-order valence-electron chi connectivity index (χ1n) is 9.08. The fourth-order valence-corrected chi connectivity index (χ4v) is 3.92. The third-order valence-electron chi connectivity index (χ3n) is 5.02. The first kappa shape index (κ1) is 22.8. The van der Waals surface area contributed by atoms with E-state index in [1.54, 1.807) is 14.2 Å². The third kappa shape index (κ3) is 5.53. The molecule has 2 aromatic carbocycles. The molecule has 3 rings (SSSR count). The van der Waals surface area contributed by atoms with Gasteiger partial charge in [-0.3, -0.25) is 4.99 Å². The number of benzene rings is 2. The Labute approximate surface area is 192 Å². The summed E-state index contributed by atoms with van der Waals surface area (Å²) in [5.74, 6) is 1.96. The molecule has 0 amide bonds. The quantitative estimate of drug-likeness (QED) is 0.288. The number of nitrogens with two attached hydrogens (primary N) is 1. The molecule has 1 aliphatic carbocycles. The molecule has 0 saturated heterocycles. The van der Waals surface area contributed by atoms with E-state index < -0.39 is 0 Å². The van der Waals surface area contributed by atoms with Crippen molar-refractivity contribution in [3.8, 4) is 11.5 Å². The molecule has 0 bridgehead atoms. The zero-order valence-electron chi connectivity index (χ0n) is 16.2. The van der Waals surface area contributed by atoms with Crippen LogP contribution in [0.5, 0.6) is 11.5 Å². The second-order valence-corrected chi connectivity index (χ2v) is 7.68. The van der Waals surface area contributed by atoms with Crippen molar-refractivity contribution in [3.05, 3.63) is 58.1 Å². The second kappa shape index (κ2) is 10.3. The summed E-state index contributed by atoms with van der Waals surface area (Å²) in [4.78, 5) is 4.59. The molecule has 28 heavy (non-hydrogen) atoms. The van der Waals surface area contributed by atoms with Crippen molar-refractivity contribution in [1.82, 2.24) is 5.32 Å². The predicted molar refractivity (Wildman–Crippen MR) is 128 cm³/mol. The number of hydrogen-bond donors (Lipinski definition) is 2. The first-order valence-corrected chi connectivity index (χ1v) is 9.87. The summed E-state index contributed by atoms with van der Waals surface area (Å²) in [7, 11) is 3.28. The molecule has 0 aromatic heterocycles. The minimum atomic E-state index is 0. The zero-order valence-corrected chi connectivity index (χ0v) is 20.1. The molecule has 152 valence electrons. The lowest BCUT2D eigenvalue weighted by Gasteiger charge is -2.15. The van der Waals surface area contributed by atoms with Crippen molar-refractivity contribution in [2.75, 3.05) is 27.3 Å². The summed E-state index contributed by atoms with van der Waals surface area (Å²) in [6.45, 7) is 1.43. The van der Waals surface area contributed by atoms with Crippen LogP contribution in [0.15, 0.2) is 51.9 Å². The molecule has 1 aliphatic rings. The average molecular weight is 560 g/mol. The van der Waals surface area contributed by atoms with Crippen LogP contribution >= 0.6 is 39.9 Å². The highest BCUT2D eigenvalue weighted by Gasteiger charge is 2.45. The van der Waals surface area contributed by atoms with Gasteiger partial charge in [-0.2, -0.15) is 0 Å². The van der Waals surface area contributed by atoms with Crippen molar-refractivity contribution in [3.63, 3.8) is 0 Å². The van der Waals surface area contributed by atoms with Crippen molar-refractivity contribution in [1.29, 1.82) is 0 Å². The van der Waals surface area contributed by atoms with E-state index in [0.717, 1.165) is 40.8 Å². The van der Waals surface area contributed by atoms with Crippen molar-refractivity contribution in [2.24, 2.45) is 10.7 Å². The lowest BCUT2D eigenvalue weighted by molar-refractivity contribution is 0.354. The molecular weight excluding hydrogens is 533 g/mol. The van der Waals surface area contributed by atoms with E-state index >= 15 is 0 Å². The smallest absolute Gasteiger partial charge is 0.188 e. The van der Waals surface area contributed by atoms with E-state index in [9.17, 15) is 0 Å². The fourth-order valence-electron chi connectivity index (χ4n) is 3.22. The Morgan fingerprint density at radius 3 is 2.50 bits per heavy atom. The number of nitrogens with zero attached hydrogens (tertiary/aromatic N) is 1. The van der Waals surface area contributed by atoms with Gasteiger partial charge in [0.1, 0.15) is 0 Å². The summed E-state index contributed by atoms with van der Waals surface area (Å²) >= 11 is 3.65. The van der Waals surface area contributed by atoms with Gasteiger partial charge >= 0.3 is 0 Å². The van der Waals surface area contributed by atoms with Crippen molar-refractivity contribution < 1.29 is 9.47 Å². The molecule has 2 aromatic rings.